The summed E-state index contributed by atoms with van der Waals surface area (Å²) in [5.74, 6) is -1.63. The number of alkyl carbamates (subject to hydrolysis) is 1. The number of amides is 2. The van der Waals surface area contributed by atoms with Gasteiger partial charge >= 0.3 is 12.1 Å². The second kappa shape index (κ2) is 7.82. The minimum atomic E-state index is -1.19. The first-order chi connectivity index (χ1) is 14.4. The molecule has 2 amide bonds. The largest absolute Gasteiger partial charge is 0.480 e. The van der Waals surface area contributed by atoms with Crippen molar-refractivity contribution in [2.45, 2.75) is 43.7 Å². The second-order valence-corrected chi connectivity index (χ2v) is 7.81. The van der Waals surface area contributed by atoms with E-state index in [0.29, 0.717) is 19.3 Å². The molecule has 1 saturated carbocycles. The zero-order valence-electron chi connectivity index (χ0n) is 16.7. The molecule has 2 aliphatic rings. The van der Waals surface area contributed by atoms with Crippen molar-refractivity contribution in [2.75, 3.05) is 6.61 Å². The van der Waals surface area contributed by atoms with Crippen LogP contribution in [0, 0.1) is 0 Å². The highest BCUT2D eigenvalue weighted by Gasteiger charge is 2.52. The second-order valence-electron chi connectivity index (χ2n) is 7.81. The molecule has 156 valence electrons. The van der Waals surface area contributed by atoms with Gasteiger partial charge in [-0.1, -0.05) is 55.5 Å². The number of ether oxygens (including phenoxy) is 1. The van der Waals surface area contributed by atoms with Crippen molar-refractivity contribution < 1.29 is 24.2 Å². The molecule has 0 spiro atoms. The summed E-state index contributed by atoms with van der Waals surface area (Å²) < 4.78 is 5.47. The van der Waals surface area contributed by atoms with Crippen molar-refractivity contribution in [3.8, 4) is 11.1 Å². The summed E-state index contributed by atoms with van der Waals surface area (Å²) in [5, 5.41) is 14.3. The average Bonchev–Trinajstić information content (AvgIpc) is 3.46. The number of benzene rings is 2. The summed E-state index contributed by atoms with van der Waals surface area (Å²) in [5.41, 5.74) is 3.29. The van der Waals surface area contributed by atoms with E-state index in [0.717, 1.165) is 22.3 Å². The summed E-state index contributed by atoms with van der Waals surface area (Å²) in [4.78, 5) is 36.1. The van der Waals surface area contributed by atoms with Gasteiger partial charge in [0.1, 0.15) is 18.2 Å². The van der Waals surface area contributed by atoms with Crippen LogP contribution in [-0.2, 0) is 14.3 Å². The quantitative estimate of drug-likeness (QED) is 0.653. The number of hydrogen-bond donors (Lipinski definition) is 3. The maximum Gasteiger partial charge on any atom is 0.407 e. The molecule has 2 aliphatic carbocycles. The lowest BCUT2D eigenvalue weighted by Crippen LogP contribution is -2.52. The van der Waals surface area contributed by atoms with Crippen LogP contribution in [0.3, 0.4) is 0 Å². The van der Waals surface area contributed by atoms with E-state index < -0.39 is 29.6 Å². The van der Waals surface area contributed by atoms with Gasteiger partial charge in [0.15, 0.2) is 0 Å². The summed E-state index contributed by atoms with van der Waals surface area (Å²) in [6, 6.07) is 15.2. The van der Waals surface area contributed by atoms with Gasteiger partial charge < -0.3 is 20.5 Å². The average molecular weight is 408 g/mol. The fraction of sp³-hybridized carbons (Fsp3) is 0.348. The van der Waals surface area contributed by atoms with E-state index >= 15 is 0 Å². The summed E-state index contributed by atoms with van der Waals surface area (Å²) in [6.45, 7) is 1.89. The number of rotatable bonds is 7. The van der Waals surface area contributed by atoms with Gasteiger partial charge in [-0.25, -0.2) is 9.59 Å². The van der Waals surface area contributed by atoms with Gasteiger partial charge in [-0.05, 0) is 41.5 Å². The zero-order chi connectivity index (χ0) is 21.3. The van der Waals surface area contributed by atoms with E-state index in [1.54, 1.807) is 6.92 Å². The van der Waals surface area contributed by atoms with E-state index in [1.807, 2.05) is 36.4 Å². The molecule has 0 radical (unpaired) electrons. The Bertz CT molecular complexity index is 953. The van der Waals surface area contributed by atoms with Gasteiger partial charge in [0.2, 0.25) is 5.91 Å². The van der Waals surface area contributed by atoms with Crippen molar-refractivity contribution in [1.82, 2.24) is 10.6 Å². The topological polar surface area (TPSA) is 105 Å². The molecule has 0 aliphatic heterocycles. The Balaban J connectivity index is 1.39. The predicted molar refractivity (Wildman–Crippen MR) is 110 cm³/mol. The van der Waals surface area contributed by atoms with Crippen LogP contribution in [0.1, 0.15) is 43.2 Å². The number of fused-ring (bicyclic) bond motifs is 3. The number of nitrogens with one attached hydrogen (secondary N) is 2. The molecule has 1 atom stereocenters. The van der Waals surface area contributed by atoms with Crippen molar-refractivity contribution in [1.29, 1.82) is 0 Å². The third-order valence-electron chi connectivity index (χ3n) is 5.88. The first-order valence-electron chi connectivity index (χ1n) is 10.1. The van der Waals surface area contributed by atoms with Crippen LogP contribution in [0.25, 0.3) is 11.1 Å². The smallest absolute Gasteiger partial charge is 0.407 e. The summed E-state index contributed by atoms with van der Waals surface area (Å²) >= 11 is 0. The molecule has 7 nitrogen and oxygen atoms in total. The van der Waals surface area contributed by atoms with Crippen LogP contribution in [0.4, 0.5) is 4.79 Å². The van der Waals surface area contributed by atoms with Gasteiger partial charge in [0.05, 0.1) is 0 Å². The molecule has 30 heavy (non-hydrogen) atoms. The molecule has 2 aromatic carbocycles. The van der Waals surface area contributed by atoms with E-state index in [9.17, 15) is 19.5 Å². The van der Waals surface area contributed by atoms with E-state index in [4.69, 9.17) is 4.74 Å². The number of carbonyl (C=O) groups excluding carboxylic acids is 2. The molecule has 0 heterocycles. The Morgan fingerprint density at radius 3 is 2.13 bits per heavy atom. The standard InChI is InChI=1S/C23H24N2O5/c1-2-19(20(26)25-23(11-12-23)21(27)28)24-22(29)30-13-18-16-9-5-3-7-14(16)15-8-4-6-10-17(15)18/h3-10,18-19H,2,11-13H2,1H3,(H,24,29)(H,25,26)(H,27,28)/t19-/m0/s1. The van der Waals surface area contributed by atoms with Gasteiger partial charge in [-0.15, -0.1) is 0 Å². The molecular weight excluding hydrogens is 384 g/mol. The molecule has 7 heteroatoms. The number of carbonyl (C=O) groups is 3. The number of carboxylic acid groups (broad SMARTS) is 1. The van der Waals surface area contributed by atoms with Crippen LogP contribution in [0.15, 0.2) is 48.5 Å². The molecule has 1 fully saturated rings. The summed E-state index contributed by atoms with van der Waals surface area (Å²) in [7, 11) is 0. The van der Waals surface area contributed by atoms with E-state index in [2.05, 4.69) is 22.8 Å². The molecule has 2 aromatic rings. The van der Waals surface area contributed by atoms with Gasteiger partial charge in [-0.3, -0.25) is 4.79 Å². The number of carboxylic acids is 1. The molecule has 3 N–H and O–H groups in total. The van der Waals surface area contributed by atoms with Gasteiger partial charge in [-0.2, -0.15) is 0 Å². The van der Waals surface area contributed by atoms with Crippen LogP contribution in [-0.4, -0.2) is 41.3 Å². The first-order valence-corrected chi connectivity index (χ1v) is 10.1. The molecule has 0 unspecified atom stereocenters. The minimum absolute atomic E-state index is 0.0706. The highest BCUT2D eigenvalue weighted by molar-refractivity contribution is 5.93. The van der Waals surface area contributed by atoms with Crippen molar-refractivity contribution >= 4 is 18.0 Å². The molecular formula is C23H24N2O5. The van der Waals surface area contributed by atoms with Crippen molar-refractivity contribution in [3.05, 3.63) is 59.7 Å². The third kappa shape index (κ3) is 3.63. The summed E-state index contributed by atoms with van der Waals surface area (Å²) in [6.07, 6.45) is 0.426. The molecule has 4 rings (SSSR count). The number of hydrogen-bond acceptors (Lipinski definition) is 4. The van der Waals surface area contributed by atoms with Gasteiger partial charge in [0, 0.05) is 5.92 Å². The fourth-order valence-corrected chi connectivity index (χ4v) is 3.98. The van der Waals surface area contributed by atoms with Crippen LogP contribution < -0.4 is 10.6 Å². The Labute approximate surface area is 174 Å². The Hall–Kier alpha value is -3.35. The highest BCUT2D eigenvalue weighted by atomic mass is 16.5. The lowest BCUT2D eigenvalue weighted by atomic mass is 9.98. The Morgan fingerprint density at radius 1 is 1.07 bits per heavy atom. The fourth-order valence-electron chi connectivity index (χ4n) is 3.98. The van der Waals surface area contributed by atoms with E-state index in [1.165, 1.54) is 0 Å². The maximum atomic E-state index is 12.4. The predicted octanol–water partition coefficient (Wildman–Crippen LogP) is 3.04. The van der Waals surface area contributed by atoms with Crippen molar-refractivity contribution in [2.24, 2.45) is 0 Å². The maximum absolute atomic E-state index is 12.4. The lowest BCUT2D eigenvalue weighted by molar-refractivity contribution is -0.143. The van der Waals surface area contributed by atoms with Crippen LogP contribution in [0.5, 0.6) is 0 Å². The van der Waals surface area contributed by atoms with Gasteiger partial charge in [0.25, 0.3) is 0 Å². The van der Waals surface area contributed by atoms with Crippen molar-refractivity contribution in [3.63, 3.8) is 0 Å². The Kier molecular flexibility index (Phi) is 5.20. The molecule has 0 bridgehead atoms. The highest BCUT2D eigenvalue weighted by Crippen LogP contribution is 2.44. The third-order valence-corrected chi connectivity index (χ3v) is 5.88. The van der Waals surface area contributed by atoms with Crippen LogP contribution >= 0.6 is 0 Å². The first kappa shape index (κ1) is 19.9. The number of aliphatic carboxylic acids is 1. The molecule has 0 aromatic heterocycles. The van der Waals surface area contributed by atoms with Crippen LogP contribution in [0.2, 0.25) is 0 Å². The normalized spacial score (nSPS) is 16.7. The Morgan fingerprint density at radius 2 is 1.63 bits per heavy atom. The SMILES string of the molecule is CC[C@H](NC(=O)OCC1c2ccccc2-c2ccccc21)C(=O)NC1(C(=O)O)CC1. The molecule has 0 saturated heterocycles. The minimum Gasteiger partial charge on any atom is -0.480 e. The lowest BCUT2D eigenvalue weighted by Gasteiger charge is -2.20. The van der Waals surface area contributed by atoms with E-state index in [-0.39, 0.29) is 12.5 Å². The monoisotopic (exact) mass is 408 g/mol. The zero-order valence-corrected chi connectivity index (χ0v) is 16.7.